The smallest absolute Gasteiger partial charge is 0.223 e. The Balaban J connectivity index is 1.42. The Morgan fingerprint density at radius 3 is 2.19 bits per heavy atom. The molecule has 2 N–H and O–H groups in total. The number of amides is 2. The van der Waals surface area contributed by atoms with Gasteiger partial charge in [-0.1, -0.05) is 30.3 Å². The molecule has 1 fully saturated rings. The molecule has 5 heteroatoms. The van der Waals surface area contributed by atoms with E-state index in [0.717, 1.165) is 36.8 Å². The number of nitrogens with zero attached hydrogens (tertiary/aromatic N) is 1. The normalized spacial score (nSPS) is 20.5. The van der Waals surface area contributed by atoms with Crippen LogP contribution in [0.25, 0.3) is 0 Å². The van der Waals surface area contributed by atoms with Crippen molar-refractivity contribution in [3.05, 3.63) is 66.0 Å². The second-order valence-electron chi connectivity index (χ2n) is 7.26. The summed E-state index contributed by atoms with van der Waals surface area (Å²) in [6.45, 7) is 2.53. The molecule has 1 heterocycles. The van der Waals surface area contributed by atoms with Gasteiger partial charge in [-0.05, 0) is 55.9 Å². The van der Waals surface area contributed by atoms with E-state index in [2.05, 4.69) is 15.6 Å². The molecule has 3 rings (SSSR count). The van der Waals surface area contributed by atoms with Gasteiger partial charge in [-0.2, -0.15) is 0 Å². The first kappa shape index (κ1) is 19.1. The summed E-state index contributed by atoms with van der Waals surface area (Å²) in [5, 5.41) is 6.11. The monoisotopic (exact) mass is 365 g/mol. The van der Waals surface area contributed by atoms with Gasteiger partial charge in [0.05, 0.1) is 6.04 Å². The summed E-state index contributed by atoms with van der Waals surface area (Å²) in [7, 11) is 0. The van der Waals surface area contributed by atoms with Gasteiger partial charge in [-0.3, -0.25) is 14.6 Å². The quantitative estimate of drug-likeness (QED) is 0.824. The van der Waals surface area contributed by atoms with E-state index in [1.165, 1.54) is 0 Å². The van der Waals surface area contributed by atoms with Gasteiger partial charge in [0, 0.05) is 30.8 Å². The van der Waals surface area contributed by atoms with Gasteiger partial charge in [0.15, 0.2) is 0 Å². The lowest BCUT2D eigenvalue weighted by molar-refractivity contribution is -0.131. The molecular formula is C22H27N3O2. The minimum atomic E-state index is 0.0000781. The van der Waals surface area contributed by atoms with Gasteiger partial charge < -0.3 is 10.6 Å². The summed E-state index contributed by atoms with van der Waals surface area (Å²) in [4.78, 5) is 28.9. The van der Waals surface area contributed by atoms with Crippen LogP contribution in [0.15, 0.2) is 54.9 Å². The largest absolute Gasteiger partial charge is 0.352 e. The lowest BCUT2D eigenvalue weighted by Crippen LogP contribution is -2.38. The molecule has 142 valence electrons. The van der Waals surface area contributed by atoms with E-state index in [0.29, 0.717) is 6.54 Å². The molecule has 1 aliphatic rings. The number of benzene rings is 1. The first-order valence-electron chi connectivity index (χ1n) is 9.65. The Morgan fingerprint density at radius 2 is 1.56 bits per heavy atom. The highest BCUT2D eigenvalue weighted by atomic mass is 16.2. The van der Waals surface area contributed by atoms with Gasteiger partial charge in [-0.15, -0.1) is 0 Å². The topological polar surface area (TPSA) is 71.1 Å². The third-order valence-electron chi connectivity index (χ3n) is 5.34. The molecule has 1 atom stereocenters. The first-order chi connectivity index (χ1) is 13.1. The van der Waals surface area contributed by atoms with Crippen LogP contribution in [0.5, 0.6) is 0 Å². The van der Waals surface area contributed by atoms with Crippen molar-refractivity contribution >= 4 is 11.8 Å². The van der Waals surface area contributed by atoms with E-state index in [1.807, 2.05) is 49.4 Å². The number of hydrogen-bond donors (Lipinski definition) is 2. The van der Waals surface area contributed by atoms with E-state index in [9.17, 15) is 9.59 Å². The molecular weight excluding hydrogens is 338 g/mol. The lowest BCUT2D eigenvalue weighted by Gasteiger charge is -2.28. The average Bonchev–Trinajstić information content (AvgIpc) is 2.73. The Bertz CT molecular complexity index is 741. The number of nitrogens with one attached hydrogen (secondary N) is 2. The summed E-state index contributed by atoms with van der Waals surface area (Å²) in [6.07, 6.45) is 6.50. The predicted octanol–water partition coefficient (Wildman–Crippen LogP) is 3.38. The van der Waals surface area contributed by atoms with Crippen molar-refractivity contribution < 1.29 is 9.59 Å². The van der Waals surface area contributed by atoms with E-state index < -0.39 is 0 Å². The van der Waals surface area contributed by atoms with Crippen LogP contribution in [-0.2, 0) is 16.1 Å². The maximum atomic E-state index is 12.6. The van der Waals surface area contributed by atoms with Gasteiger partial charge >= 0.3 is 0 Å². The summed E-state index contributed by atoms with van der Waals surface area (Å²) in [5.74, 6) is 0.188. The Kier molecular flexibility index (Phi) is 6.58. The molecule has 5 nitrogen and oxygen atoms in total. The number of carbonyl (C=O) groups excluding carboxylic acids is 2. The minimum Gasteiger partial charge on any atom is -0.352 e. The number of hydrogen-bond acceptors (Lipinski definition) is 3. The third kappa shape index (κ3) is 5.39. The second kappa shape index (κ2) is 9.31. The predicted molar refractivity (Wildman–Crippen MR) is 105 cm³/mol. The molecule has 0 bridgehead atoms. The Labute approximate surface area is 160 Å². The van der Waals surface area contributed by atoms with Crippen molar-refractivity contribution in [3.63, 3.8) is 0 Å². The molecule has 2 amide bonds. The SMILES string of the molecule is CC(NC(=O)C1CCC(C(=O)NCc2ccncc2)CC1)c1ccccc1. The Hall–Kier alpha value is -2.69. The zero-order valence-electron chi connectivity index (χ0n) is 15.7. The molecule has 0 aliphatic heterocycles. The fourth-order valence-electron chi connectivity index (χ4n) is 3.61. The van der Waals surface area contributed by atoms with Crippen molar-refractivity contribution in [1.29, 1.82) is 0 Å². The number of aromatic nitrogens is 1. The fraction of sp³-hybridized carbons (Fsp3) is 0.409. The summed E-state index contributed by atoms with van der Waals surface area (Å²) in [6, 6.07) is 13.8. The first-order valence-corrected chi connectivity index (χ1v) is 9.65. The zero-order valence-corrected chi connectivity index (χ0v) is 15.7. The second-order valence-corrected chi connectivity index (χ2v) is 7.26. The maximum Gasteiger partial charge on any atom is 0.223 e. The van der Waals surface area contributed by atoms with Crippen LogP contribution in [0, 0.1) is 11.8 Å². The van der Waals surface area contributed by atoms with Crippen molar-refractivity contribution in [2.24, 2.45) is 11.8 Å². The van der Waals surface area contributed by atoms with Crippen molar-refractivity contribution in [2.75, 3.05) is 0 Å². The molecule has 1 aromatic heterocycles. The van der Waals surface area contributed by atoms with Crippen LogP contribution in [-0.4, -0.2) is 16.8 Å². The third-order valence-corrected chi connectivity index (χ3v) is 5.34. The van der Waals surface area contributed by atoms with Gasteiger partial charge in [-0.25, -0.2) is 0 Å². The molecule has 0 radical (unpaired) electrons. The highest BCUT2D eigenvalue weighted by molar-refractivity contribution is 5.81. The Morgan fingerprint density at radius 1 is 0.963 bits per heavy atom. The van der Waals surface area contributed by atoms with Crippen LogP contribution in [0.3, 0.4) is 0 Å². The molecule has 1 aliphatic carbocycles. The van der Waals surface area contributed by atoms with Crippen LogP contribution < -0.4 is 10.6 Å². The van der Waals surface area contributed by atoms with Crippen molar-refractivity contribution in [3.8, 4) is 0 Å². The van der Waals surface area contributed by atoms with Crippen LogP contribution in [0.4, 0.5) is 0 Å². The number of carbonyl (C=O) groups is 2. The average molecular weight is 365 g/mol. The van der Waals surface area contributed by atoms with Gasteiger partial charge in [0.25, 0.3) is 0 Å². The van der Waals surface area contributed by atoms with Crippen molar-refractivity contribution in [1.82, 2.24) is 15.6 Å². The minimum absolute atomic E-state index is 0.0000781. The molecule has 1 saturated carbocycles. The standard InChI is InChI=1S/C22H27N3O2/c1-16(18-5-3-2-4-6-18)25-22(27)20-9-7-19(8-10-20)21(26)24-15-17-11-13-23-14-12-17/h2-6,11-14,16,19-20H,7-10,15H2,1H3,(H,24,26)(H,25,27). The van der Waals surface area contributed by atoms with Crippen molar-refractivity contribution in [2.45, 2.75) is 45.2 Å². The lowest BCUT2D eigenvalue weighted by atomic mass is 9.81. The summed E-state index contributed by atoms with van der Waals surface area (Å²) in [5.41, 5.74) is 2.15. The molecule has 0 spiro atoms. The molecule has 1 unspecified atom stereocenters. The molecule has 0 saturated heterocycles. The van der Waals surface area contributed by atoms with E-state index in [4.69, 9.17) is 0 Å². The zero-order chi connectivity index (χ0) is 19.1. The van der Waals surface area contributed by atoms with E-state index in [1.54, 1.807) is 12.4 Å². The van der Waals surface area contributed by atoms with E-state index in [-0.39, 0.29) is 29.7 Å². The van der Waals surface area contributed by atoms with Crippen LogP contribution >= 0.6 is 0 Å². The fourth-order valence-corrected chi connectivity index (χ4v) is 3.61. The highest BCUT2D eigenvalue weighted by Gasteiger charge is 2.30. The molecule has 1 aromatic carbocycles. The van der Waals surface area contributed by atoms with Crippen LogP contribution in [0.1, 0.15) is 49.8 Å². The van der Waals surface area contributed by atoms with Gasteiger partial charge in [0.2, 0.25) is 11.8 Å². The number of rotatable bonds is 6. The van der Waals surface area contributed by atoms with E-state index >= 15 is 0 Å². The summed E-state index contributed by atoms with van der Waals surface area (Å²) < 4.78 is 0. The highest BCUT2D eigenvalue weighted by Crippen LogP contribution is 2.29. The molecule has 2 aromatic rings. The maximum absolute atomic E-state index is 12.6. The summed E-state index contributed by atoms with van der Waals surface area (Å²) >= 11 is 0. The van der Waals surface area contributed by atoms with Gasteiger partial charge in [0.1, 0.15) is 0 Å². The molecule has 27 heavy (non-hydrogen) atoms. The van der Waals surface area contributed by atoms with Crippen LogP contribution in [0.2, 0.25) is 0 Å². The number of pyridine rings is 1.